The molecule has 27 heavy (non-hydrogen) atoms. The maximum absolute atomic E-state index is 12.1. The van der Waals surface area contributed by atoms with Crippen molar-refractivity contribution in [2.75, 3.05) is 11.9 Å². The number of halogens is 4. The van der Waals surface area contributed by atoms with Crippen LogP contribution in [-0.2, 0) is 14.8 Å². The smallest absolute Gasteiger partial charge is 0.406 e. The fourth-order valence-electron chi connectivity index (χ4n) is 1.98. The largest absolute Gasteiger partial charge is 0.573 e. The Hall–Kier alpha value is -2.11. The molecule has 2 N–H and O–H groups in total. The molecule has 2 rings (SSSR count). The molecule has 0 aliphatic heterocycles. The molecule has 0 aliphatic carbocycles. The Kier molecular flexibility index (Phi) is 6.84. The molecule has 2 aromatic rings. The highest BCUT2D eigenvalue weighted by Gasteiger charge is 2.30. The van der Waals surface area contributed by atoms with E-state index < -0.39 is 28.0 Å². The number of rotatable bonds is 7. The summed E-state index contributed by atoms with van der Waals surface area (Å²) in [5, 5.41) is 2.45. The van der Waals surface area contributed by atoms with Gasteiger partial charge in [0.1, 0.15) is 5.75 Å². The maximum Gasteiger partial charge on any atom is 0.573 e. The molecule has 0 atom stereocenters. The molecule has 0 unspecified atom stereocenters. The summed E-state index contributed by atoms with van der Waals surface area (Å²) >= 11 is 3.18. The molecule has 11 heteroatoms. The van der Waals surface area contributed by atoms with Crippen molar-refractivity contribution in [3.8, 4) is 5.75 Å². The third kappa shape index (κ3) is 7.19. The lowest BCUT2D eigenvalue weighted by molar-refractivity contribution is -0.274. The number of carbonyl (C=O) groups excluding carboxylic acids is 1. The second-order valence-corrected chi connectivity index (χ2v) is 7.91. The Balaban J connectivity index is 1.84. The fraction of sp³-hybridized carbons (Fsp3) is 0.188. The van der Waals surface area contributed by atoms with Crippen LogP contribution in [0, 0.1) is 0 Å². The fourth-order valence-corrected chi connectivity index (χ4v) is 3.61. The van der Waals surface area contributed by atoms with Crippen LogP contribution < -0.4 is 14.8 Å². The number of benzene rings is 2. The molecule has 2 aromatic carbocycles. The minimum absolute atomic E-state index is 0.0533. The van der Waals surface area contributed by atoms with Gasteiger partial charge in [-0.1, -0.05) is 22.0 Å². The number of hydrogen-bond acceptors (Lipinski definition) is 4. The van der Waals surface area contributed by atoms with Gasteiger partial charge in [-0.2, -0.15) is 0 Å². The summed E-state index contributed by atoms with van der Waals surface area (Å²) in [5.74, 6) is -0.918. The van der Waals surface area contributed by atoms with Gasteiger partial charge in [0.2, 0.25) is 15.9 Å². The number of alkyl halides is 3. The van der Waals surface area contributed by atoms with Crippen molar-refractivity contribution in [3.05, 3.63) is 53.0 Å². The number of carbonyl (C=O) groups is 1. The summed E-state index contributed by atoms with van der Waals surface area (Å²) in [7, 11) is -3.76. The van der Waals surface area contributed by atoms with E-state index in [1.54, 1.807) is 12.1 Å². The van der Waals surface area contributed by atoms with Gasteiger partial charge >= 0.3 is 6.36 Å². The minimum Gasteiger partial charge on any atom is -0.406 e. The molecule has 0 saturated heterocycles. The number of hydrogen-bond donors (Lipinski definition) is 2. The molecule has 0 spiro atoms. The van der Waals surface area contributed by atoms with Crippen molar-refractivity contribution in [2.45, 2.75) is 17.7 Å². The van der Waals surface area contributed by atoms with Gasteiger partial charge in [-0.05, 0) is 42.5 Å². The highest BCUT2D eigenvalue weighted by atomic mass is 79.9. The van der Waals surface area contributed by atoms with Crippen LogP contribution in [0.5, 0.6) is 5.75 Å². The first kappa shape index (κ1) is 21.2. The quantitative estimate of drug-likeness (QED) is 0.651. The van der Waals surface area contributed by atoms with Gasteiger partial charge in [0.25, 0.3) is 0 Å². The summed E-state index contributed by atoms with van der Waals surface area (Å²) < 4.78 is 67.1. The third-order valence-electron chi connectivity index (χ3n) is 3.12. The number of ether oxygens (including phenoxy) is 1. The highest BCUT2D eigenvalue weighted by Crippen LogP contribution is 2.24. The zero-order valence-corrected chi connectivity index (χ0v) is 16.0. The maximum atomic E-state index is 12.1. The first-order valence-corrected chi connectivity index (χ1v) is 9.74. The molecule has 0 aliphatic rings. The Morgan fingerprint density at radius 1 is 1.11 bits per heavy atom. The van der Waals surface area contributed by atoms with Crippen molar-refractivity contribution in [2.24, 2.45) is 0 Å². The zero-order valence-electron chi connectivity index (χ0n) is 13.6. The lowest BCUT2D eigenvalue weighted by Crippen LogP contribution is -2.27. The van der Waals surface area contributed by atoms with Gasteiger partial charge in [-0.25, -0.2) is 13.1 Å². The average Bonchev–Trinajstić information content (AvgIpc) is 2.55. The van der Waals surface area contributed by atoms with Crippen LogP contribution in [-0.4, -0.2) is 27.2 Å². The van der Waals surface area contributed by atoms with Crippen LogP contribution in [0.25, 0.3) is 0 Å². The van der Waals surface area contributed by atoms with E-state index >= 15 is 0 Å². The molecule has 6 nitrogen and oxygen atoms in total. The van der Waals surface area contributed by atoms with Crippen molar-refractivity contribution in [3.63, 3.8) is 0 Å². The van der Waals surface area contributed by atoms with E-state index in [4.69, 9.17) is 0 Å². The number of sulfonamides is 1. The van der Waals surface area contributed by atoms with Gasteiger partial charge in [-0.3, -0.25) is 4.79 Å². The first-order valence-electron chi connectivity index (χ1n) is 7.46. The average molecular weight is 467 g/mol. The topological polar surface area (TPSA) is 84.5 Å². The van der Waals surface area contributed by atoms with Gasteiger partial charge in [0.15, 0.2) is 0 Å². The normalized spacial score (nSPS) is 11.9. The molecule has 0 saturated carbocycles. The van der Waals surface area contributed by atoms with E-state index in [9.17, 15) is 26.4 Å². The lowest BCUT2D eigenvalue weighted by atomic mass is 10.3. The van der Waals surface area contributed by atoms with Gasteiger partial charge in [0.05, 0.1) is 4.90 Å². The Bertz CT molecular complexity index is 903. The van der Waals surface area contributed by atoms with Crippen molar-refractivity contribution in [1.82, 2.24) is 4.72 Å². The Morgan fingerprint density at radius 2 is 1.78 bits per heavy atom. The second kappa shape index (κ2) is 8.72. The molecule has 0 bridgehead atoms. The lowest BCUT2D eigenvalue weighted by Gasteiger charge is -2.10. The first-order chi connectivity index (χ1) is 12.5. The summed E-state index contributed by atoms with van der Waals surface area (Å²) in [6.07, 6.45) is -4.95. The van der Waals surface area contributed by atoms with Crippen LogP contribution in [0.4, 0.5) is 18.9 Å². The molecule has 0 heterocycles. The third-order valence-corrected chi connectivity index (χ3v) is 5.07. The number of anilines is 1. The van der Waals surface area contributed by atoms with Crippen LogP contribution in [0.2, 0.25) is 0 Å². The van der Waals surface area contributed by atoms with Crippen LogP contribution in [0.3, 0.4) is 0 Å². The van der Waals surface area contributed by atoms with Crippen molar-refractivity contribution >= 4 is 37.5 Å². The van der Waals surface area contributed by atoms with Crippen molar-refractivity contribution in [1.29, 1.82) is 0 Å². The SMILES string of the molecule is O=C(CCNS(=O)(=O)c1cccc(Br)c1)Nc1ccc(OC(F)(F)F)cc1. The number of amides is 1. The molecule has 146 valence electrons. The summed E-state index contributed by atoms with van der Waals surface area (Å²) in [6.45, 7) is -0.143. The van der Waals surface area contributed by atoms with E-state index in [1.807, 2.05) is 0 Å². The highest BCUT2D eigenvalue weighted by molar-refractivity contribution is 9.10. The number of nitrogens with one attached hydrogen (secondary N) is 2. The molecular weight excluding hydrogens is 453 g/mol. The molecule has 0 aromatic heterocycles. The summed E-state index contributed by atoms with van der Waals surface area (Å²) in [4.78, 5) is 11.9. The summed E-state index contributed by atoms with van der Waals surface area (Å²) in [6, 6.07) is 10.7. The van der Waals surface area contributed by atoms with Crippen LogP contribution in [0.15, 0.2) is 57.9 Å². The predicted octanol–water partition coefficient (Wildman–Crippen LogP) is 3.65. The zero-order chi connectivity index (χ0) is 20.1. The molecule has 0 fully saturated rings. The molecule has 1 amide bonds. The van der Waals surface area contributed by atoms with Crippen LogP contribution >= 0.6 is 15.9 Å². The standard InChI is InChI=1S/C16H14BrF3N2O4S/c17-11-2-1-3-14(10-11)27(24,25)21-9-8-15(23)22-12-4-6-13(7-5-12)26-16(18,19)20/h1-7,10,21H,8-9H2,(H,22,23). The monoisotopic (exact) mass is 466 g/mol. The van der Waals surface area contributed by atoms with E-state index in [0.29, 0.717) is 4.47 Å². The minimum atomic E-state index is -4.80. The van der Waals surface area contributed by atoms with E-state index in [0.717, 1.165) is 12.1 Å². The van der Waals surface area contributed by atoms with Crippen molar-refractivity contribution < 1.29 is 31.1 Å². The Morgan fingerprint density at radius 3 is 2.37 bits per heavy atom. The van der Waals surface area contributed by atoms with Gasteiger partial charge < -0.3 is 10.1 Å². The molecule has 0 radical (unpaired) electrons. The van der Waals surface area contributed by atoms with Gasteiger partial charge in [0, 0.05) is 23.1 Å². The predicted molar refractivity (Wildman–Crippen MR) is 95.7 cm³/mol. The van der Waals surface area contributed by atoms with Crippen LogP contribution in [0.1, 0.15) is 6.42 Å². The second-order valence-electron chi connectivity index (χ2n) is 5.23. The van der Waals surface area contributed by atoms with E-state index in [1.165, 1.54) is 24.3 Å². The molecular formula is C16H14BrF3N2O4S. The van der Waals surface area contributed by atoms with E-state index in [2.05, 4.69) is 30.7 Å². The van der Waals surface area contributed by atoms with Gasteiger partial charge in [-0.15, -0.1) is 13.2 Å². The van der Waals surface area contributed by atoms with E-state index in [-0.39, 0.29) is 23.5 Å². The summed E-state index contributed by atoms with van der Waals surface area (Å²) in [5.41, 5.74) is 0.254. The Labute approximate surface area is 161 Å².